The third kappa shape index (κ3) is 3.67. The van der Waals surface area contributed by atoms with Crippen LogP contribution in [0.2, 0.25) is 5.02 Å². The molecule has 1 unspecified atom stereocenters. The maximum absolute atomic E-state index is 14.3. The zero-order valence-electron chi connectivity index (χ0n) is 15.8. The summed E-state index contributed by atoms with van der Waals surface area (Å²) >= 11 is 6.13. The molecular weight excluding hydrogens is 400 g/mol. The van der Waals surface area contributed by atoms with Crippen molar-refractivity contribution in [3.63, 3.8) is 0 Å². The largest absolute Gasteiger partial charge is 0.322 e. The second kappa shape index (κ2) is 7.44. The summed E-state index contributed by atoms with van der Waals surface area (Å²) in [4.78, 5) is 18.6. The molecule has 0 aliphatic carbocycles. The van der Waals surface area contributed by atoms with E-state index in [9.17, 15) is 13.6 Å². The van der Waals surface area contributed by atoms with Gasteiger partial charge in [0.2, 0.25) is 0 Å². The highest BCUT2D eigenvalue weighted by Gasteiger charge is 2.30. The molecule has 1 N–H and O–H groups in total. The first kappa shape index (κ1) is 19.3. The second-order valence-corrected chi connectivity index (χ2v) is 7.43. The van der Waals surface area contributed by atoms with E-state index in [1.807, 2.05) is 6.92 Å². The predicted molar refractivity (Wildman–Crippen MR) is 106 cm³/mol. The summed E-state index contributed by atoms with van der Waals surface area (Å²) in [6, 6.07) is 4.64. The van der Waals surface area contributed by atoms with E-state index in [2.05, 4.69) is 15.4 Å². The molecule has 2 aromatic heterocycles. The van der Waals surface area contributed by atoms with Gasteiger partial charge in [0.25, 0.3) is 0 Å². The maximum atomic E-state index is 14.3. The average Bonchev–Trinajstić information content (AvgIpc) is 3.06. The second-order valence-electron chi connectivity index (χ2n) is 7.02. The summed E-state index contributed by atoms with van der Waals surface area (Å²) in [5.74, 6) is -1.32. The van der Waals surface area contributed by atoms with Crippen LogP contribution in [0.1, 0.15) is 18.3 Å². The molecule has 0 spiro atoms. The first-order valence-corrected chi connectivity index (χ1v) is 9.41. The highest BCUT2D eigenvalue weighted by Crippen LogP contribution is 2.31. The van der Waals surface area contributed by atoms with Gasteiger partial charge in [-0.15, -0.1) is 0 Å². The van der Waals surface area contributed by atoms with Crippen molar-refractivity contribution in [1.29, 1.82) is 0 Å². The van der Waals surface area contributed by atoms with Crippen LogP contribution in [-0.4, -0.2) is 31.7 Å². The van der Waals surface area contributed by atoms with Gasteiger partial charge in [-0.25, -0.2) is 13.6 Å². The lowest BCUT2D eigenvalue weighted by molar-refractivity contribution is 0.162. The molecule has 0 bridgehead atoms. The van der Waals surface area contributed by atoms with Crippen LogP contribution >= 0.6 is 11.6 Å². The number of nitrogens with one attached hydrogen (secondary N) is 1. The lowest BCUT2D eigenvalue weighted by atomic mass is 10.0. The van der Waals surface area contributed by atoms with Gasteiger partial charge < -0.3 is 10.2 Å². The Balaban J connectivity index is 1.63. The third-order valence-corrected chi connectivity index (χ3v) is 5.26. The molecule has 150 valence electrons. The van der Waals surface area contributed by atoms with Crippen LogP contribution < -0.4 is 5.32 Å². The Hall–Kier alpha value is -3.00. The standard InChI is InChI=1S/C20H18ClF2N5O/c1-11-5-18(16(21)8-24-11)26-20(29)27-10-19-15(7-25-28(19)9-12(27)2)14-4-3-13(22)6-17(14)23/h3-8,12H,9-10H2,1-2H3,(H,24,26,29). The molecule has 9 heteroatoms. The third-order valence-electron chi connectivity index (χ3n) is 4.95. The Kier molecular flexibility index (Phi) is 4.96. The Labute approximate surface area is 171 Å². The van der Waals surface area contributed by atoms with Crippen molar-refractivity contribution in [3.8, 4) is 11.1 Å². The van der Waals surface area contributed by atoms with E-state index in [4.69, 9.17) is 11.6 Å². The van der Waals surface area contributed by atoms with Crippen molar-refractivity contribution >= 4 is 23.3 Å². The number of hydrogen-bond donors (Lipinski definition) is 1. The molecule has 3 aromatic rings. The lowest BCUT2D eigenvalue weighted by Crippen LogP contribution is -2.47. The summed E-state index contributed by atoms with van der Waals surface area (Å²) in [5, 5.41) is 7.47. The van der Waals surface area contributed by atoms with Crippen LogP contribution in [0.25, 0.3) is 11.1 Å². The minimum absolute atomic E-state index is 0.143. The highest BCUT2D eigenvalue weighted by molar-refractivity contribution is 6.33. The normalized spacial score (nSPS) is 15.9. The summed E-state index contributed by atoms with van der Waals surface area (Å²) in [7, 11) is 0. The molecule has 2 amide bonds. The molecule has 6 nitrogen and oxygen atoms in total. The topological polar surface area (TPSA) is 63.1 Å². The molecule has 0 radical (unpaired) electrons. The highest BCUT2D eigenvalue weighted by atomic mass is 35.5. The van der Waals surface area contributed by atoms with Crippen LogP contribution in [0.3, 0.4) is 0 Å². The number of amides is 2. The Morgan fingerprint density at radius 2 is 2.03 bits per heavy atom. The minimum atomic E-state index is -0.672. The quantitative estimate of drug-likeness (QED) is 0.661. The van der Waals surface area contributed by atoms with Crippen molar-refractivity contribution in [2.75, 3.05) is 5.32 Å². The van der Waals surface area contributed by atoms with E-state index in [-0.39, 0.29) is 24.2 Å². The van der Waals surface area contributed by atoms with Crippen LogP contribution in [0.5, 0.6) is 0 Å². The fourth-order valence-electron chi connectivity index (χ4n) is 3.43. The number of pyridine rings is 1. The zero-order valence-corrected chi connectivity index (χ0v) is 16.5. The molecular formula is C20H18ClF2N5O. The smallest absolute Gasteiger partial charge is 0.314 e. The van der Waals surface area contributed by atoms with Crippen molar-refractivity contribution in [1.82, 2.24) is 19.7 Å². The Morgan fingerprint density at radius 1 is 1.24 bits per heavy atom. The van der Waals surface area contributed by atoms with Gasteiger partial charge in [-0.2, -0.15) is 5.10 Å². The number of nitrogens with zero attached hydrogens (tertiary/aromatic N) is 4. The average molecular weight is 418 g/mol. The van der Waals surface area contributed by atoms with Gasteiger partial charge in [0, 0.05) is 29.1 Å². The minimum Gasteiger partial charge on any atom is -0.314 e. The number of carbonyl (C=O) groups is 1. The van der Waals surface area contributed by atoms with Gasteiger partial charge in [-0.05, 0) is 32.0 Å². The predicted octanol–water partition coefficient (Wildman–Crippen LogP) is 4.62. The number of benzene rings is 1. The molecule has 29 heavy (non-hydrogen) atoms. The first-order chi connectivity index (χ1) is 13.8. The monoisotopic (exact) mass is 417 g/mol. The van der Waals surface area contributed by atoms with E-state index in [1.165, 1.54) is 18.3 Å². The zero-order chi connectivity index (χ0) is 20.7. The fourth-order valence-corrected chi connectivity index (χ4v) is 3.58. The van der Waals surface area contributed by atoms with Crippen LogP contribution in [-0.2, 0) is 13.1 Å². The Morgan fingerprint density at radius 3 is 2.79 bits per heavy atom. The number of carbonyl (C=O) groups excluding carboxylic acids is 1. The molecule has 4 rings (SSSR count). The van der Waals surface area contributed by atoms with E-state index >= 15 is 0 Å². The van der Waals surface area contributed by atoms with Gasteiger partial charge in [0.05, 0.1) is 41.7 Å². The lowest BCUT2D eigenvalue weighted by Gasteiger charge is -2.34. The van der Waals surface area contributed by atoms with E-state index in [1.54, 1.807) is 28.8 Å². The molecule has 3 heterocycles. The SMILES string of the molecule is Cc1cc(NC(=O)N2Cc3c(-c4ccc(F)cc4F)cnn3CC2C)c(Cl)cn1. The molecule has 1 aliphatic heterocycles. The van der Waals surface area contributed by atoms with Gasteiger partial charge in [0.15, 0.2) is 0 Å². The van der Waals surface area contributed by atoms with Crippen molar-refractivity contribution in [2.45, 2.75) is 33.0 Å². The molecule has 1 aliphatic rings. The number of halogens is 3. The van der Waals surface area contributed by atoms with Gasteiger partial charge >= 0.3 is 6.03 Å². The first-order valence-electron chi connectivity index (χ1n) is 9.03. The van der Waals surface area contributed by atoms with E-state index in [0.717, 1.165) is 11.8 Å². The molecule has 1 atom stereocenters. The Bertz CT molecular complexity index is 1100. The fraction of sp³-hybridized carbons (Fsp3) is 0.250. The number of anilines is 1. The van der Waals surface area contributed by atoms with E-state index < -0.39 is 11.6 Å². The summed E-state index contributed by atoms with van der Waals surface area (Å²) in [5.41, 5.74) is 2.66. The number of urea groups is 1. The number of rotatable bonds is 2. The molecule has 0 saturated carbocycles. The van der Waals surface area contributed by atoms with Crippen molar-refractivity contribution in [2.24, 2.45) is 0 Å². The molecule has 1 aromatic carbocycles. The summed E-state index contributed by atoms with van der Waals surface area (Å²) in [6.07, 6.45) is 3.03. The van der Waals surface area contributed by atoms with Gasteiger partial charge in [-0.1, -0.05) is 11.6 Å². The van der Waals surface area contributed by atoms with Crippen molar-refractivity contribution < 1.29 is 13.6 Å². The van der Waals surface area contributed by atoms with Gasteiger partial charge in [-0.3, -0.25) is 9.67 Å². The van der Waals surface area contributed by atoms with E-state index in [0.29, 0.717) is 28.5 Å². The summed E-state index contributed by atoms with van der Waals surface area (Å²) < 4.78 is 29.3. The maximum Gasteiger partial charge on any atom is 0.322 e. The van der Waals surface area contributed by atoms with Crippen molar-refractivity contribution in [3.05, 3.63) is 64.7 Å². The summed E-state index contributed by atoms with van der Waals surface area (Å²) in [6.45, 7) is 4.38. The van der Waals surface area contributed by atoms with Gasteiger partial charge in [0.1, 0.15) is 11.6 Å². The molecule has 0 saturated heterocycles. The van der Waals surface area contributed by atoms with Crippen LogP contribution in [0.4, 0.5) is 19.3 Å². The number of aromatic nitrogens is 3. The van der Waals surface area contributed by atoms with Crippen LogP contribution in [0.15, 0.2) is 36.7 Å². The number of fused-ring (bicyclic) bond motifs is 1. The number of aryl methyl sites for hydroxylation is 1. The number of hydrogen-bond acceptors (Lipinski definition) is 3. The molecule has 0 fully saturated rings. The van der Waals surface area contributed by atoms with Crippen LogP contribution in [0, 0.1) is 18.6 Å².